The van der Waals surface area contributed by atoms with E-state index in [4.69, 9.17) is 4.74 Å². The van der Waals surface area contributed by atoms with Crippen LogP contribution in [-0.4, -0.2) is 60.9 Å². The minimum atomic E-state index is -0.0578. The summed E-state index contributed by atoms with van der Waals surface area (Å²) in [5.41, 5.74) is 3.33. The highest BCUT2D eigenvalue weighted by atomic mass is 16.5. The molecule has 0 atom stereocenters. The number of amides is 2. The molecule has 0 N–H and O–H groups in total. The lowest BCUT2D eigenvalue weighted by Gasteiger charge is -2.40. The molecule has 5 rings (SSSR count). The van der Waals surface area contributed by atoms with Gasteiger partial charge in [-0.1, -0.05) is 72.8 Å². The molecular formula is C29H31N3O3. The molecule has 6 nitrogen and oxygen atoms in total. The van der Waals surface area contributed by atoms with E-state index in [-0.39, 0.29) is 24.5 Å². The van der Waals surface area contributed by atoms with E-state index in [1.165, 1.54) is 11.1 Å². The summed E-state index contributed by atoms with van der Waals surface area (Å²) in [5, 5.41) is 0. The van der Waals surface area contributed by atoms with E-state index in [1.54, 1.807) is 4.90 Å². The van der Waals surface area contributed by atoms with Crippen LogP contribution < -0.4 is 9.64 Å². The monoisotopic (exact) mass is 469 g/mol. The van der Waals surface area contributed by atoms with Gasteiger partial charge in [0.1, 0.15) is 5.75 Å². The lowest BCUT2D eigenvalue weighted by molar-refractivity contribution is -0.133. The number of fused-ring (bicyclic) bond motifs is 1. The van der Waals surface area contributed by atoms with Gasteiger partial charge in [-0.25, -0.2) is 0 Å². The predicted octanol–water partition coefficient (Wildman–Crippen LogP) is 4.13. The summed E-state index contributed by atoms with van der Waals surface area (Å²) >= 11 is 0. The van der Waals surface area contributed by atoms with E-state index in [0.717, 1.165) is 24.5 Å². The van der Waals surface area contributed by atoms with Gasteiger partial charge >= 0.3 is 0 Å². The molecule has 0 radical (unpaired) electrons. The van der Waals surface area contributed by atoms with Crippen molar-refractivity contribution in [1.82, 2.24) is 9.80 Å². The van der Waals surface area contributed by atoms with E-state index in [1.807, 2.05) is 41.3 Å². The van der Waals surface area contributed by atoms with Crippen LogP contribution in [0.1, 0.15) is 30.0 Å². The van der Waals surface area contributed by atoms with Crippen molar-refractivity contribution >= 4 is 17.5 Å². The Morgan fingerprint density at radius 2 is 1.40 bits per heavy atom. The fourth-order valence-electron chi connectivity index (χ4n) is 5.06. The fourth-order valence-corrected chi connectivity index (χ4v) is 5.06. The second-order valence-corrected chi connectivity index (χ2v) is 9.05. The molecule has 180 valence electrons. The van der Waals surface area contributed by atoms with Crippen LogP contribution in [0.4, 0.5) is 5.69 Å². The summed E-state index contributed by atoms with van der Waals surface area (Å²) in [7, 11) is 0. The summed E-state index contributed by atoms with van der Waals surface area (Å²) in [6.45, 7) is 3.67. The number of carbonyl (C=O) groups excluding carboxylic acids is 2. The minimum Gasteiger partial charge on any atom is -0.482 e. The smallest absolute Gasteiger partial charge is 0.265 e. The van der Waals surface area contributed by atoms with Crippen molar-refractivity contribution in [3.05, 3.63) is 96.1 Å². The van der Waals surface area contributed by atoms with Crippen LogP contribution in [0.2, 0.25) is 0 Å². The summed E-state index contributed by atoms with van der Waals surface area (Å²) in [6, 6.07) is 28.9. The number of benzene rings is 3. The molecule has 2 aliphatic rings. The molecule has 0 bridgehead atoms. The first-order chi connectivity index (χ1) is 17.2. The number of nitrogens with zero attached hydrogens (tertiary/aromatic N) is 3. The van der Waals surface area contributed by atoms with Gasteiger partial charge in [0.15, 0.2) is 6.61 Å². The van der Waals surface area contributed by atoms with Crippen LogP contribution >= 0.6 is 0 Å². The highest BCUT2D eigenvalue weighted by Crippen LogP contribution is 2.32. The lowest BCUT2D eigenvalue weighted by Crippen LogP contribution is -2.50. The zero-order chi connectivity index (χ0) is 24.0. The van der Waals surface area contributed by atoms with Gasteiger partial charge in [0.2, 0.25) is 5.91 Å². The van der Waals surface area contributed by atoms with Gasteiger partial charge in [-0.15, -0.1) is 0 Å². The number of hydrogen-bond acceptors (Lipinski definition) is 4. The third kappa shape index (κ3) is 5.23. The first-order valence-corrected chi connectivity index (χ1v) is 12.3. The number of carbonyl (C=O) groups is 2. The van der Waals surface area contributed by atoms with Gasteiger partial charge in [0, 0.05) is 39.1 Å². The highest BCUT2D eigenvalue weighted by Gasteiger charge is 2.29. The van der Waals surface area contributed by atoms with Crippen LogP contribution in [0.15, 0.2) is 84.9 Å². The lowest BCUT2D eigenvalue weighted by atomic mass is 9.96. The maximum absolute atomic E-state index is 13.0. The molecule has 0 aliphatic carbocycles. The first-order valence-electron chi connectivity index (χ1n) is 12.3. The Bertz CT molecular complexity index is 1100. The normalized spacial score (nSPS) is 16.2. The quantitative estimate of drug-likeness (QED) is 0.522. The Morgan fingerprint density at radius 3 is 2.06 bits per heavy atom. The van der Waals surface area contributed by atoms with Gasteiger partial charge in [0.25, 0.3) is 5.91 Å². The largest absolute Gasteiger partial charge is 0.482 e. The van der Waals surface area contributed by atoms with E-state index in [0.29, 0.717) is 32.5 Å². The van der Waals surface area contributed by atoms with Crippen molar-refractivity contribution in [3.8, 4) is 5.75 Å². The Morgan fingerprint density at radius 1 is 0.800 bits per heavy atom. The Balaban J connectivity index is 1.17. The van der Waals surface area contributed by atoms with E-state index in [2.05, 4.69) is 53.4 Å². The van der Waals surface area contributed by atoms with Gasteiger partial charge < -0.3 is 14.5 Å². The van der Waals surface area contributed by atoms with E-state index < -0.39 is 0 Å². The predicted molar refractivity (Wildman–Crippen MR) is 136 cm³/mol. The second kappa shape index (κ2) is 10.7. The first kappa shape index (κ1) is 23.1. The molecule has 0 aromatic heterocycles. The number of ether oxygens (including phenoxy) is 1. The number of para-hydroxylation sites is 2. The summed E-state index contributed by atoms with van der Waals surface area (Å²) in [5.74, 6) is 0.827. The van der Waals surface area contributed by atoms with E-state index in [9.17, 15) is 9.59 Å². The van der Waals surface area contributed by atoms with Crippen LogP contribution in [0.3, 0.4) is 0 Å². The molecule has 0 saturated carbocycles. The third-order valence-electron chi connectivity index (χ3n) is 6.84. The summed E-state index contributed by atoms with van der Waals surface area (Å²) < 4.78 is 5.51. The van der Waals surface area contributed by atoms with Crippen molar-refractivity contribution in [1.29, 1.82) is 0 Å². The molecule has 0 spiro atoms. The molecular weight excluding hydrogens is 438 g/mol. The van der Waals surface area contributed by atoms with Crippen LogP contribution in [0.5, 0.6) is 5.75 Å². The maximum Gasteiger partial charge on any atom is 0.265 e. The van der Waals surface area contributed by atoms with Crippen LogP contribution in [-0.2, 0) is 9.59 Å². The molecule has 3 aromatic carbocycles. The SMILES string of the molecule is O=C(CCCN1C(=O)COc2ccccc21)N1CCN(C(c2ccccc2)c2ccccc2)CC1. The molecule has 2 aliphatic heterocycles. The van der Waals surface area contributed by atoms with Gasteiger partial charge in [-0.3, -0.25) is 14.5 Å². The molecule has 1 saturated heterocycles. The minimum absolute atomic E-state index is 0.0525. The molecule has 35 heavy (non-hydrogen) atoms. The Labute approximate surface area is 206 Å². The van der Waals surface area contributed by atoms with Crippen molar-refractivity contribution in [2.45, 2.75) is 18.9 Å². The molecule has 2 amide bonds. The maximum atomic E-state index is 13.0. The van der Waals surface area contributed by atoms with Crippen LogP contribution in [0, 0.1) is 0 Å². The standard InChI is InChI=1S/C29H31N3O3/c33-27(16-9-17-32-25-14-7-8-15-26(25)35-22-28(32)34)30-18-20-31(21-19-30)29(23-10-3-1-4-11-23)24-12-5-2-6-13-24/h1-8,10-15,29H,9,16-22H2. The average Bonchev–Trinajstić information content (AvgIpc) is 2.91. The van der Waals surface area contributed by atoms with Crippen molar-refractivity contribution in [3.63, 3.8) is 0 Å². The summed E-state index contributed by atoms with van der Waals surface area (Å²) in [4.78, 5) is 31.5. The van der Waals surface area contributed by atoms with Crippen molar-refractivity contribution in [2.24, 2.45) is 0 Å². The topological polar surface area (TPSA) is 53.1 Å². The van der Waals surface area contributed by atoms with Crippen LogP contribution in [0.25, 0.3) is 0 Å². The Hall–Kier alpha value is -3.64. The van der Waals surface area contributed by atoms with Gasteiger partial charge in [-0.05, 0) is 29.7 Å². The highest BCUT2D eigenvalue weighted by molar-refractivity contribution is 5.97. The zero-order valence-electron chi connectivity index (χ0n) is 19.9. The average molecular weight is 470 g/mol. The number of piperazine rings is 1. The fraction of sp³-hybridized carbons (Fsp3) is 0.310. The number of anilines is 1. The molecule has 2 heterocycles. The van der Waals surface area contributed by atoms with Gasteiger partial charge in [0.05, 0.1) is 11.7 Å². The zero-order valence-corrected chi connectivity index (χ0v) is 19.9. The molecule has 1 fully saturated rings. The van der Waals surface area contributed by atoms with Crippen molar-refractivity contribution in [2.75, 3.05) is 44.2 Å². The second-order valence-electron chi connectivity index (χ2n) is 9.05. The Kier molecular flexibility index (Phi) is 7.09. The molecule has 0 unspecified atom stereocenters. The van der Waals surface area contributed by atoms with Gasteiger partial charge in [-0.2, -0.15) is 0 Å². The number of rotatable bonds is 7. The van der Waals surface area contributed by atoms with Crippen molar-refractivity contribution < 1.29 is 14.3 Å². The molecule has 6 heteroatoms. The summed E-state index contributed by atoms with van der Waals surface area (Å²) in [6.07, 6.45) is 1.07. The third-order valence-corrected chi connectivity index (χ3v) is 6.84. The molecule has 3 aromatic rings. The van der Waals surface area contributed by atoms with E-state index >= 15 is 0 Å². The number of hydrogen-bond donors (Lipinski definition) is 0.